The van der Waals surface area contributed by atoms with Crippen molar-refractivity contribution in [3.63, 3.8) is 0 Å². The molecule has 0 aromatic carbocycles. The monoisotopic (exact) mass is 409 g/mol. The normalized spacial score (nSPS) is 14.7. The maximum Gasteiger partial charge on any atom is 0.343 e. The molecule has 0 aliphatic carbocycles. The highest BCUT2D eigenvalue weighted by atomic mass is 16.5. The molecule has 30 heavy (non-hydrogen) atoms. The summed E-state index contributed by atoms with van der Waals surface area (Å²) >= 11 is 0. The first-order valence-corrected chi connectivity index (χ1v) is 9.89. The van der Waals surface area contributed by atoms with Gasteiger partial charge in [-0.25, -0.2) is 14.3 Å². The number of esters is 1. The van der Waals surface area contributed by atoms with Gasteiger partial charge in [-0.2, -0.15) is 10.2 Å². The van der Waals surface area contributed by atoms with Gasteiger partial charge in [-0.3, -0.25) is 4.79 Å². The highest BCUT2D eigenvalue weighted by Crippen LogP contribution is 2.21. The highest BCUT2D eigenvalue weighted by molar-refractivity contribution is 5.97. The second-order valence-electron chi connectivity index (χ2n) is 7.06. The Balaban J connectivity index is 1.48. The minimum Gasteiger partial charge on any atom is -0.462 e. The number of likely N-dealkylation sites (tertiary alicyclic amines) is 1. The Labute approximate surface area is 173 Å². The summed E-state index contributed by atoms with van der Waals surface area (Å²) in [6.07, 6.45) is 6.19. The molecule has 1 aliphatic rings. The lowest BCUT2D eigenvalue weighted by atomic mass is 10.0. The number of hydrogen-bond donors (Lipinski definition) is 0. The van der Waals surface area contributed by atoms with Crippen LogP contribution in [0.3, 0.4) is 0 Å². The number of anilines is 1. The Morgan fingerprint density at radius 2 is 2.03 bits per heavy atom. The molecule has 1 saturated heterocycles. The molecule has 1 amide bonds. The van der Waals surface area contributed by atoms with Crippen LogP contribution in [0.2, 0.25) is 0 Å². The third-order valence-electron chi connectivity index (χ3n) is 5.33. The van der Waals surface area contributed by atoms with Crippen molar-refractivity contribution in [2.75, 3.05) is 31.6 Å². The van der Waals surface area contributed by atoms with E-state index in [1.807, 2.05) is 24.1 Å². The summed E-state index contributed by atoms with van der Waals surface area (Å²) in [4.78, 5) is 33.4. The molecule has 0 atom stereocenters. The molecule has 0 unspecified atom stereocenters. The third-order valence-corrected chi connectivity index (χ3v) is 5.33. The largest absolute Gasteiger partial charge is 0.462 e. The Morgan fingerprint density at radius 1 is 1.23 bits per heavy atom. The van der Waals surface area contributed by atoms with Gasteiger partial charge >= 0.3 is 5.97 Å². The topological polar surface area (TPSA) is 106 Å². The molecular formula is C20H23N7O3. The molecule has 1 fully saturated rings. The van der Waals surface area contributed by atoms with E-state index >= 15 is 0 Å². The van der Waals surface area contributed by atoms with E-state index in [0.717, 1.165) is 18.7 Å². The SMILES string of the molecule is CCOC(=O)c1cnn2c(C(=O)N3CCC(N(C)c4cccnn4)CC3)ccnc12. The number of piperidine rings is 1. The molecule has 156 valence electrons. The van der Waals surface area contributed by atoms with Crippen molar-refractivity contribution >= 4 is 23.3 Å². The Kier molecular flexibility index (Phi) is 5.55. The predicted molar refractivity (Wildman–Crippen MR) is 108 cm³/mol. The predicted octanol–water partition coefficient (Wildman–Crippen LogP) is 1.44. The number of rotatable bonds is 5. The number of ether oxygens (including phenoxy) is 1. The van der Waals surface area contributed by atoms with Gasteiger partial charge < -0.3 is 14.5 Å². The first kappa shape index (κ1) is 19.7. The second kappa shape index (κ2) is 8.44. The average molecular weight is 409 g/mol. The lowest BCUT2D eigenvalue weighted by Crippen LogP contribution is -2.46. The summed E-state index contributed by atoms with van der Waals surface area (Å²) < 4.78 is 6.45. The maximum absolute atomic E-state index is 13.2. The van der Waals surface area contributed by atoms with Gasteiger partial charge in [0.05, 0.1) is 12.8 Å². The van der Waals surface area contributed by atoms with Crippen LogP contribution in [0.1, 0.15) is 40.6 Å². The molecule has 3 aromatic rings. The lowest BCUT2D eigenvalue weighted by molar-refractivity contribution is 0.0527. The minimum absolute atomic E-state index is 0.137. The molecule has 0 bridgehead atoms. The molecule has 4 heterocycles. The molecule has 0 radical (unpaired) electrons. The number of hydrogen-bond acceptors (Lipinski definition) is 8. The summed E-state index contributed by atoms with van der Waals surface area (Å²) in [6, 6.07) is 5.69. The van der Waals surface area contributed by atoms with E-state index in [1.54, 1.807) is 19.2 Å². The van der Waals surface area contributed by atoms with Gasteiger partial charge in [0.25, 0.3) is 5.91 Å². The molecule has 10 nitrogen and oxygen atoms in total. The van der Waals surface area contributed by atoms with Crippen LogP contribution in [-0.4, -0.2) is 74.4 Å². The van der Waals surface area contributed by atoms with Gasteiger partial charge in [0, 0.05) is 38.6 Å². The molecule has 3 aromatic heterocycles. The summed E-state index contributed by atoms with van der Waals surface area (Å²) in [5.41, 5.74) is 0.934. The van der Waals surface area contributed by atoms with Gasteiger partial charge in [0.2, 0.25) is 0 Å². The standard InChI is InChI=1S/C20H23N7O3/c1-3-30-20(29)15-13-23-27-16(6-10-21-18(15)27)19(28)26-11-7-14(8-12-26)25(2)17-5-4-9-22-24-17/h4-6,9-10,13-14H,3,7-8,11-12H2,1-2H3. The van der Waals surface area contributed by atoms with Gasteiger partial charge in [-0.15, -0.1) is 5.10 Å². The number of aromatic nitrogens is 5. The Hall–Kier alpha value is -3.56. The van der Waals surface area contributed by atoms with Crippen LogP contribution in [-0.2, 0) is 4.74 Å². The molecule has 0 spiro atoms. The number of carbonyl (C=O) groups is 2. The van der Waals surface area contributed by atoms with Gasteiger partial charge in [-0.05, 0) is 38.0 Å². The molecule has 4 rings (SSSR count). The van der Waals surface area contributed by atoms with E-state index in [1.165, 1.54) is 16.9 Å². The van der Waals surface area contributed by atoms with Crippen LogP contribution < -0.4 is 4.90 Å². The smallest absolute Gasteiger partial charge is 0.343 e. The van der Waals surface area contributed by atoms with Crippen LogP contribution in [0.4, 0.5) is 5.82 Å². The maximum atomic E-state index is 13.2. The first-order chi connectivity index (χ1) is 14.6. The fourth-order valence-electron chi connectivity index (χ4n) is 3.69. The molecule has 0 N–H and O–H groups in total. The van der Waals surface area contributed by atoms with Gasteiger partial charge in [0.15, 0.2) is 11.5 Å². The van der Waals surface area contributed by atoms with Crippen LogP contribution in [0.5, 0.6) is 0 Å². The third kappa shape index (κ3) is 3.68. The number of carbonyl (C=O) groups excluding carboxylic acids is 2. The zero-order valence-corrected chi connectivity index (χ0v) is 16.9. The molecule has 1 aliphatic heterocycles. The van der Waals surface area contributed by atoms with Crippen LogP contribution in [0.15, 0.2) is 36.8 Å². The summed E-state index contributed by atoms with van der Waals surface area (Å²) in [5, 5.41) is 12.3. The average Bonchev–Trinajstić information content (AvgIpc) is 3.23. The number of amides is 1. The van der Waals surface area contributed by atoms with Crippen molar-refractivity contribution in [3.8, 4) is 0 Å². The van der Waals surface area contributed by atoms with Gasteiger partial charge in [0.1, 0.15) is 11.3 Å². The van der Waals surface area contributed by atoms with Crippen LogP contribution >= 0.6 is 0 Å². The quantitative estimate of drug-likeness (QED) is 0.583. The summed E-state index contributed by atoms with van der Waals surface area (Å²) in [5.74, 6) is 0.181. The summed E-state index contributed by atoms with van der Waals surface area (Å²) in [7, 11) is 2.00. The summed E-state index contributed by atoms with van der Waals surface area (Å²) in [6.45, 7) is 3.22. The van der Waals surface area contributed by atoms with E-state index in [9.17, 15) is 9.59 Å². The van der Waals surface area contributed by atoms with E-state index < -0.39 is 5.97 Å². The van der Waals surface area contributed by atoms with Crippen LogP contribution in [0.25, 0.3) is 5.65 Å². The minimum atomic E-state index is -0.502. The van der Waals surface area contributed by atoms with E-state index in [2.05, 4.69) is 25.2 Å². The number of nitrogens with zero attached hydrogens (tertiary/aromatic N) is 7. The van der Waals surface area contributed by atoms with Crippen molar-refractivity contribution < 1.29 is 14.3 Å². The van der Waals surface area contributed by atoms with Gasteiger partial charge in [-0.1, -0.05) is 0 Å². The number of fused-ring (bicyclic) bond motifs is 1. The lowest BCUT2D eigenvalue weighted by Gasteiger charge is -2.37. The van der Waals surface area contributed by atoms with Crippen molar-refractivity contribution in [2.24, 2.45) is 0 Å². The van der Waals surface area contributed by atoms with E-state index in [4.69, 9.17) is 4.74 Å². The first-order valence-electron chi connectivity index (χ1n) is 9.89. The Morgan fingerprint density at radius 3 is 2.73 bits per heavy atom. The van der Waals surface area contributed by atoms with Crippen molar-refractivity contribution in [3.05, 3.63) is 48.0 Å². The van der Waals surface area contributed by atoms with E-state index in [-0.39, 0.29) is 24.1 Å². The second-order valence-corrected chi connectivity index (χ2v) is 7.06. The van der Waals surface area contributed by atoms with Crippen LogP contribution in [0, 0.1) is 0 Å². The van der Waals surface area contributed by atoms with E-state index in [0.29, 0.717) is 24.4 Å². The molecule has 0 saturated carbocycles. The van der Waals surface area contributed by atoms with Crippen molar-refractivity contribution in [2.45, 2.75) is 25.8 Å². The van der Waals surface area contributed by atoms with Crippen molar-refractivity contribution in [1.82, 2.24) is 29.7 Å². The molecular weight excluding hydrogens is 386 g/mol. The zero-order chi connectivity index (χ0) is 21.1. The fourth-order valence-corrected chi connectivity index (χ4v) is 3.69. The zero-order valence-electron chi connectivity index (χ0n) is 16.9. The van der Waals surface area contributed by atoms with Crippen molar-refractivity contribution in [1.29, 1.82) is 0 Å². The Bertz CT molecular complexity index is 1040. The fraction of sp³-hybridized carbons (Fsp3) is 0.400. The molecule has 10 heteroatoms. The highest BCUT2D eigenvalue weighted by Gasteiger charge is 2.28.